The highest BCUT2D eigenvalue weighted by Crippen LogP contribution is 2.00. The van der Waals surface area contributed by atoms with Gasteiger partial charge in [0.05, 0.1) is 6.61 Å². The van der Waals surface area contributed by atoms with Crippen LogP contribution in [0.15, 0.2) is 36.7 Å². The topological polar surface area (TPSA) is 52.8 Å². The van der Waals surface area contributed by atoms with Crippen molar-refractivity contribution >= 4 is 0 Å². The number of aromatic nitrogens is 4. The van der Waals surface area contributed by atoms with Gasteiger partial charge in [0.15, 0.2) is 0 Å². The lowest BCUT2D eigenvalue weighted by Crippen LogP contribution is -2.03. The molecule has 0 fully saturated rings. The standard InChI is InChI=1S/C9H10N4O/c1-2-4-9(5-3-1)6-14-8-13-7-10-11-12-13/h1-5,7H,6,8H2. The van der Waals surface area contributed by atoms with E-state index in [1.165, 1.54) is 11.0 Å². The summed E-state index contributed by atoms with van der Waals surface area (Å²) in [6.07, 6.45) is 1.52. The number of rotatable bonds is 4. The Labute approximate surface area is 81.3 Å². The van der Waals surface area contributed by atoms with E-state index in [4.69, 9.17) is 4.74 Å². The lowest BCUT2D eigenvalue weighted by molar-refractivity contribution is 0.0548. The van der Waals surface area contributed by atoms with E-state index >= 15 is 0 Å². The molecule has 1 aromatic heterocycles. The van der Waals surface area contributed by atoms with E-state index in [1.807, 2.05) is 30.3 Å². The van der Waals surface area contributed by atoms with E-state index in [2.05, 4.69) is 15.5 Å². The molecule has 0 saturated heterocycles. The Hall–Kier alpha value is -1.75. The Kier molecular flexibility index (Phi) is 2.82. The van der Waals surface area contributed by atoms with Crippen LogP contribution in [0.5, 0.6) is 0 Å². The number of nitrogens with zero attached hydrogens (tertiary/aromatic N) is 4. The molecule has 0 aliphatic carbocycles. The molecule has 0 unspecified atom stereocenters. The van der Waals surface area contributed by atoms with Gasteiger partial charge in [0.25, 0.3) is 0 Å². The van der Waals surface area contributed by atoms with Crippen LogP contribution < -0.4 is 0 Å². The second-order valence-corrected chi connectivity index (χ2v) is 2.81. The maximum absolute atomic E-state index is 5.38. The maximum atomic E-state index is 5.38. The van der Waals surface area contributed by atoms with E-state index in [9.17, 15) is 0 Å². The molecule has 2 rings (SSSR count). The first kappa shape index (κ1) is 8.83. The van der Waals surface area contributed by atoms with Gasteiger partial charge in [0, 0.05) is 0 Å². The molecule has 14 heavy (non-hydrogen) atoms. The average Bonchev–Trinajstić information content (AvgIpc) is 2.72. The second-order valence-electron chi connectivity index (χ2n) is 2.81. The van der Waals surface area contributed by atoms with Crippen LogP contribution >= 0.6 is 0 Å². The molecule has 72 valence electrons. The smallest absolute Gasteiger partial charge is 0.143 e. The van der Waals surface area contributed by atoms with Gasteiger partial charge in [-0.25, -0.2) is 4.68 Å². The van der Waals surface area contributed by atoms with Gasteiger partial charge in [-0.05, 0) is 16.0 Å². The summed E-state index contributed by atoms with van der Waals surface area (Å²) in [5, 5.41) is 10.7. The molecule has 1 heterocycles. The fraction of sp³-hybridized carbons (Fsp3) is 0.222. The SMILES string of the molecule is c1ccc(COCn2cnnn2)cc1. The van der Waals surface area contributed by atoms with E-state index < -0.39 is 0 Å². The lowest BCUT2D eigenvalue weighted by atomic mass is 10.2. The van der Waals surface area contributed by atoms with Gasteiger partial charge in [0.2, 0.25) is 0 Å². The molecule has 5 nitrogen and oxygen atoms in total. The quantitative estimate of drug-likeness (QED) is 0.717. The Bertz CT molecular complexity index is 360. The monoisotopic (exact) mass is 190 g/mol. The largest absolute Gasteiger partial charge is 0.354 e. The summed E-state index contributed by atoms with van der Waals surface area (Å²) in [7, 11) is 0. The van der Waals surface area contributed by atoms with Crippen LogP contribution in [-0.2, 0) is 18.1 Å². The fourth-order valence-electron chi connectivity index (χ4n) is 1.07. The van der Waals surface area contributed by atoms with Crippen molar-refractivity contribution < 1.29 is 4.74 Å². The molecule has 0 radical (unpaired) electrons. The number of tetrazole rings is 1. The van der Waals surface area contributed by atoms with E-state index in [1.54, 1.807) is 0 Å². The van der Waals surface area contributed by atoms with Gasteiger partial charge in [-0.3, -0.25) is 0 Å². The zero-order valence-corrected chi connectivity index (χ0v) is 7.58. The van der Waals surface area contributed by atoms with Crippen LogP contribution in [-0.4, -0.2) is 20.2 Å². The molecule has 0 spiro atoms. The Morgan fingerprint density at radius 3 is 2.79 bits per heavy atom. The Balaban J connectivity index is 1.79. The molecular formula is C9H10N4O. The first-order valence-corrected chi connectivity index (χ1v) is 4.27. The highest BCUT2D eigenvalue weighted by Gasteiger charge is 1.93. The molecule has 0 aliphatic rings. The van der Waals surface area contributed by atoms with Gasteiger partial charge in [-0.2, -0.15) is 0 Å². The average molecular weight is 190 g/mol. The summed E-state index contributed by atoms with van der Waals surface area (Å²) in [5.74, 6) is 0. The molecule has 0 atom stereocenters. The van der Waals surface area contributed by atoms with Crippen molar-refractivity contribution in [2.24, 2.45) is 0 Å². The summed E-state index contributed by atoms with van der Waals surface area (Å²) in [5.41, 5.74) is 1.14. The number of ether oxygens (including phenoxy) is 1. The van der Waals surface area contributed by atoms with E-state index in [-0.39, 0.29) is 0 Å². The summed E-state index contributed by atoms with van der Waals surface area (Å²) < 4.78 is 6.92. The first-order chi connectivity index (χ1) is 6.95. The van der Waals surface area contributed by atoms with Gasteiger partial charge in [-0.1, -0.05) is 30.3 Å². The second kappa shape index (κ2) is 4.48. The normalized spacial score (nSPS) is 10.3. The Morgan fingerprint density at radius 2 is 2.07 bits per heavy atom. The lowest BCUT2D eigenvalue weighted by Gasteiger charge is -2.02. The zero-order valence-electron chi connectivity index (χ0n) is 7.58. The molecule has 5 heteroatoms. The van der Waals surface area contributed by atoms with Crippen molar-refractivity contribution in [1.82, 2.24) is 20.2 Å². The highest BCUT2D eigenvalue weighted by atomic mass is 16.5. The van der Waals surface area contributed by atoms with Crippen molar-refractivity contribution in [2.45, 2.75) is 13.3 Å². The molecular weight excluding hydrogens is 180 g/mol. The van der Waals surface area contributed by atoms with E-state index in [0.717, 1.165) is 5.56 Å². The number of hydrogen-bond acceptors (Lipinski definition) is 4. The predicted molar refractivity (Wildman–Crippen MR) is 49.0 cm³/mol. The van der Waals surface area contributed by atoms with Crippen LogP contribution in [0.3, 0.4) is 0 Å². The molecule has 2 aromatic rings. The minimum absolute atomic E-state index is 0.377. The van der Waals surface area contributed by atoms with Crippen molar-refractivity contribution in [1.29, 1.82) is 0 Å². The van der Waals surface area contributed by atoms with Crippen molar-refractivity contribution in [3.8, 4) is 0 Å². The van der Waals surface area contributed by atoms with Gasteiger partial charge < -0.3 is 4.74 Å². The van der Waals surface area contributed by atoms with Crippen molar-refractivity contribution in [3.05, 3.63) is 42.2 Å². The van der Waals surface area contributed by atoms with Gasteiger partial charge >= 0.3 is 0 Å². The van der Waals surface area contributed by atoms with Crippen molar-refractivity contribution in [3.63, 3.8) is 0 Å². The van der Waals surface area contributed by atoms with E-state index in [0.29, 0.717) is 13.3 Å². The fourth-order valence-corrected chi connectivity index (χ4v) is 1.07. The third-order valence-corrected chi connectivity index (χ3v) is 1.73. The molecule has 0 aliphatic heterocycles. The Morgan fingerprint density at radius 1 is 1.21 bits per heavy atom. The third-order valence-electron chi connectivity index (χ3n) is 1.73. The number of benzene rings is 1. The third kappa shape index (κ3) is 2.37. The molecule has 1 aromatic carbocycles. The minimum Gasteiger partial charge on any atom is -0.354 e. The van der Waals surface area contributed by atoms with Crippen LogP contribution in [0, 0.1) is 0 Å². The number of hydrogen-bond donors (Lipinski definition) is 0. The predicted octanol–water partition coefficient (Wildman–Crippen LogP) is 0.847. The first-order valence-electron chi connectivity index (χ1n) is 4.27. The zero-order chi connectivity index (χ0) is 9.64. The van der Waals surface area contributed by atoms with Gasteiger partial charge in [0.1, 0.15) is 13.1 Å². The molecule has 0 amide bonds. The maximum Gasteiger partial charge on any atom is 0.143 e. The molecule has 0 saturated carbocycles. The molecule has 0 N–H and O–H groups in total. The summed E-state index contributed by atoms with van der Waals surface area (Å²) >= 11 is 0. The van der Waals surface area contributed by atoms with Gasteiger partial charge in [-0.15, -0.1) is 5.10 Å². The summed E-state index contributed by atoms with van der Waals surface area (Å²) in [6.45, 7) is 0.947. The minimum atomic E-state index is 0.377. The summed E-state index contributed by atoms with van der Waals surface area (Å²) in [4.78, 5) is 0. The molecule has 0 bridgehead atoms. The highest BCUT2D eigenvalue weighted by molar-refractivity contribution is 5.13. The van der Waals surface area contributed by atoms with Crippen LogP contribution in [0.1, 0.15) is 5.56 Å². The van der Waals surface area contributed by atoms with Crippen LogP contribution in [0.4, 0.5) is 0 Å². The summed E-state index contributed by atoms with van der Waals surface area (Å²) in [6, 6.07) is 9.97. The van der Waals surface area contributed by atoms with Crippen molar-refractivity contribution in [2.75, 3.05) is 0 Å². The van der Waals surface area contributed by atoms with Crippen LogP contribution in [0.2, 0.25) is 0 Å². The van der Waals surface area contributed by atoms with Crippen LogP contribution in [0.25, 0.3) is 0 Å².